The number of aromatic amines is 1. The molecule has 0 bridgehead atoms. The number of benzene rings is 2. The van der Waals surface area contributed by atoms with Gasteiger partial charge in [0.05, 0.1) is 22.1 Å². The lowest BCUT2D eigenvalue weighted by molar-refractivity contribution is 0.179. The lowest BCUT2D eigenvalue weighted by atomic mass is 10.1. The molecule has 0 atom stereocenters. The van der Waals surface area contributed by atoms with Gasteiger partial charge in [0, 0.05) is 13.3 Å². The van der Waals surface area contributed by atoms with Crippen LogP contribution in [0.5, 0.6) is 5.75 Å². The molecule has 0 saturated heterocycles. The maximum atomic E-state index is 12.1. The smallest absolute Gasteiger partial charge is 0.348 e. The number of aliphatic imine (C=N–C) groups is 1. The van der Waals surface area contributed by atoms with Gasteiger partial charge in [-0.2, -0.15) is 0 Å². The van der Waals surface area contributed by atoms with E-state index in [1.54, 1.807) is 43.5 Å². The van der Waals surface area contributed by atoms with E-state index in [9.17, 15) is 9.90 Å². The summed E-state index contributed by atoms with van der Waals surface area (Å²) >= 11 is 0. The first kappa shape index (κ1) is 16.0. The largest absolute Gasteiger partial charge is 0.506 e. The molecule has 0 unspecified atom stereocenters. The highest BCUT2D eigenvalue weighted by atomic mass is 16.5. The number of imidazole rings is 1. The van der Waals surface area contributed by atoms with Crippen molar-refractivity contribution in [3.05, 3.63) is 64.3 Å². The number of hydrogen-bond acceptors (Lipinski definition) is 6. The molecule has 7 heteroatoms. The van der Waals surface area contributed by atoms with Crippen molar-refractivity contribution in [2.24, 2.45) is 4.99 Å². The van der Waals surface area contributed by atoms with Crippen molar-refractivity contribution >= 4 is 33.9 Å². The van der Waals surface area contributed by atoms with Crippen molar-refractivity contribution in [1.82, 2.24) is 9.97 Å². The molecule has 0 spiro atoms. The summed E-state index contributed by atoms with van der Waals surface area (Å²) in [5, 5.41) is 10.8. The second-order valence-electron chi connectivity index (χ2n) is 5.72. The van der Waals surface area contributed by atoms with Crippen molar-refractivity contribution < 1.29 is 14.3 Å². The summed E-state index contributed by atoms with van der Waals surface area (Å²) in [5.41, 5.74) is 1.91. The van der Waals surface area contributed by atoms with Crippen LogP contribution in [0.25, 0.3) is 22.0 Å². The molecule has 0 aliphatic heterocycles. The van der Waals surface area contributed by atoms with Crippen molar-refractivity contribution in [1.29, 1.82) is 0 Å². The van der Waals surface area contributed by atoms with Crippen molar-refractivity contribution in [3.8, 4) is 5.75 Å². The van der Waals surface area contributed by atoms with Crippen molar-refractivity contribution in [2.45, 2.75) is 6.61 Å². The van der Waals surface area contributed by atoms with E-state index in [1.807, 2.05) is 6.07 Å². The molecule has 2 aromatic carbocycles. The van der Waals surface area contributed by atoms with Crippen LogP contribution in [-0.2, 0) is 11.3 Å². The number of H-pyrrole nitrogens is 1. The normalized spacial score (nSPS) is 11.7. The van der Waals surface area contributed by atoms with Crippen LogP contribution in [0.4, 0.5) is 5.69 Å². The van der Waals surface area contributed by atoms with Gasteiger partial charge >= 0.3 is 5.63 Å². The van der Waals surface area contributed by atoms with Gasteiger partial charge in [0.2, 0.25) is 0 Å². The van der Waals surface area contributed by atoms with E-state index in [-0.39, 0.29) is 11.3 Å². The zero-order chi connectivity index (χ0) is 18.1. The Morgan fingerprint density at radius 2 is 2.15 bits per heavy atom. The van der Waals surface area contributed by atoms with E-state index in [0.29, 0.717) is 23.3 Å². The lowest BCUT2D eigenvalue weighted by Crippen LogP contribution is -2.06. The van der Waals surface area contributed by atoms with Gasteiger partial charge < -0.3 is 19.2 Å². The third kappa shape index (κ3) is 2.84. The van der Waals surface area contributed by atoms with Crippen molar-refractivity contribution in [3.63, 3.8) is 0 Å². The molecule has 26 heavy (non-hydrogen) atoms. The Hall–Kier alpha value is -3.45. The maximum Gasteiger partial charge on any atom is 0.348 e. The molecule has 0 saturated carbocycles. The fourth-order valence-corrected chi connectivity index (χ4v) is 2.74. The first-order valence-corrected chi connectivity index (χ1v) is 7.92. The summed E-state index contributed by atoms with van der Waals surface area (Å²) in [6, 6.07) is 12.2. The molecule has 0 fully saturated rings. The van der Waals surface area contributed by atoms with Crippen LogP contribution in [-0.4, -0.2) is 28.4 Å². The van der Waals surface area contributed by atoms with Crippen LogP contribution in [0.1, 0.15) is 11.4 Å². The van der Waals surface area contributed by atoms with Gasteiger partial charge in [-0.15, -0.1) is 0 Å². The second-order valence-corrected chi connectivity index (χ2v) is 5.72. The number of hydrogen-bond donors (Lipinski definition) is 2. The van der Waals surface area contributed by atoms with E-state index < -0.39 is 5.63 Å². The fraction of sp³-hybridized carbons (Fsp3) is 0.105. The third-order valence-electron chi connectivity index (χ3n) is 3.96. The van der Waals surface area contributed by atoms with E-state index in [4.69, 9.17) is 9.15 Å². The predicted molar refractivity (Wildman–Crippen MR) is 98.2 cm³/mol. The van der Waals surface area contributed by atoms with Gasteiger partial charge in [-0.1, -0.05) is 12.1 Å². The Kier molecular flexibility index (Phi) is 3.98. The maximum absolute atomic E-state index is 12.1. The standard InChI is InChI=1S/C19H15N3O4/c1-25-10-17-21-14-7-6-11(8-15(14)22-17)20-9-13-18(23)12-4-2-3-5-16(12)26-19(13)24/h2-9,23H,10H2,1H3,(H,21,22). The highest BCUT2D eigenvalue weighted by molar-refractivity contribution is 5.94. The van der Waals surface area contributed by atoms with Crippen LogP contribution in [0.15, 0.2) is 56.7 Å². The summed E-state index contributed by atoms with van der Waals surface area (Å²) in [6.07, 6.45) is 1.31. The number of para-hydroxylation sites is 1. The molecule has 130 valence electrons. The molecule has 4 aromatic rings. The first-order valence-electron chi connectivity index (χ1n) is 7.92. The number of methoxy groups -OCH3 is 1. The van der Waals surface area contributed by atoms with Crippen LogP contribution in [0.2, 0.25) is 0 Å². The highest BCUT2D eigenvalue weighted by Crippen LogP contribution is 2.26. The Morgan fingerprint density at radius 1 is 1.31 bits per heavy atom. The highest BCUT2D eigenvalue weighted by Gasteiger charge is 2.11. The Morgan fingerprint density at radius 3 is 3.00 bits per heavy atom. The number of aromatic hydroxyl groups is 1. The molecule has 4 rings (SSSR count). The SMILES string of the molecule is COCc1nc2ccc(N=Cc3c(O)c4ccccc4oc3=O)cc2[nH]1. The van der Waals surface area contributed by atoms with Gasteiger partial charge in [-0.05, 0) is 30.3 Å². The summed E-state index contributed by atoms with van der Waals surface area (Å²) < 4.78 is 10.3. The monoisotopic (exact) mass is 349 g/mol. The molecule has 2 N–H and O–H groups in total. The summed E-state index contributed by atoms with van der Waals surface area (Å²) in [6.45, 7) is 0.388. The van der Waals surface area contributed by atoms with E-state index in [2.05, 4.69) is 15.0 Å². The molecular formula is C19H15N3O4. The van der Waals surface area contributed by atoms with Gasteiger partial charge in [0.25, 0.3) is 0 Å². The minimum Gasteiger partial charge on any atom is -0.506 e. The molecule has 0 amide bonds. The second kappa shape index (κ2) is 6.45. The first-order chi connectivity index (χ1) is 12.7. The van der Waals surface area contributed by atoms with Crippen LogP contribution in [0, 0.1) is 0 Å². The number of nitrogens with zero attached hydrogens (tertiary/aromatic N) is 2. The topological polar surface area (TPSA) is 101 Å². The summed E-state index contributed by atoms with van der Waals surface area (Å²) in [4.78, 5) is 23.9. The Labute approximate surface area is 147 Å². The zero-order valence-electron chi connectivity index (χ0n) is 13.9. The van der Waals surface area contributed by atoms with Crippen molar-refractivity contribution in [2.75, 3.05) is 7.11 Å². The van der Waals surface area contributed by atoms with Crippen LogP contribution < -0.4 is 5.63 Å². The number of aromatic nitrogens is 2. The fourth-order valence-electron chi connectivity index (χ4n) is 2.74. The predicted octanol–water partition coefficient (Wildman–Crippen LogP) is 3.27. The minimum atomic E-state index is -0.644. The number of fused-ring (bicyclic) bond motifs is 2. The molecule has 2 heterocycles. The molecule has 7 nitrogen and oxygen atoms in total. The van der Waals surface area contributed by atoms with Gasteiger partial charge in [0.15, 0.2) is 0 Å². The van der Waals surface area contributed by atoms with Crippen LogP contribution in [0.3, 0.4) is 0 Å². The lowest BCUT2D eigenvalue weighted by Gasteiger charge is -2.02. The summed E-state index contributed by atoms with van der Waals surface area (Å²) in [5.74, 6) is 0.571. The molecule has 2 aromatic heterocycles. The average molecular weight is 349 g/mol. The summed E-state index contributed by atoms with van der Waals surface area (Å²) in [7, 11) is 1.60. The van der Waals surface area contributed by atoms with Gasteiger partial charge in [-0.3, -0.25) is 4.99 Å². The molecule has 0 aliphatic rings. The zero-order valence-corrected chi connectivity index (χ0v) is 13.9. The van der Waals surface area contributed by atoms with Gasteiger partial charge in [-0.25, -0.2) is 9.78 Å². The van der Waals surface area contributed by atoms with Crippen LogP contribution >= 0.6 is 0 Å². The minimum absolute atomic E-state index is 0.00785. The quantitative estimate of drug-likeness (QED) is 0.435. The number of rotatable bonds is 4. The Bertz CT molecular complexity index is 1190. The van der Waals surface area contributed by atoms with E-state index in [0.717, 1.165) is 16.9 Å². The number of nitrogens with one attached hydrogen (secondary N) is 1. The molecule has 0 radical (unpaired) electrons. The van der Waals surface area contributed by atoms with Gasteiger partial charge in [0.1, 0.15) is 29.3 Å². The Balaban J connectivity index is 1.73. The van der Waals surface area contributed by atoms with E-state index >= 15 is 0 Å². The molecule has 0 aliphatic carbocycles. The molecular weight excluding hydrogens is 334 g/mol. The van der Waals surface area contributed by atoms with E-state index in [1.165, 1.54) is 6.21 Å². The number of ether oxygens (including phenoxy) is 1. The third-order valence-corrected chi connectivity index (χ3v) is 3.96. The average Bonchev–Trinajstić information content (AvgIpc) is 3.03.